The fourth-order valence-electron chi connectivity index (χ4n) is 4.81. The van der Waals surface area contributed by atoms with Gasteiger partial charge in [-0.15, -0.1) is 0 Å². The molecule has 0 bridgehead atoms. The predicted molar refractivity (Wildman–Crippen MR) is 122 cm³/mol. The van der Waals surface area contributed by atoms with Gasteiger partial charge in [-0.3, -0.25) is 4.90 Å². The Hall–Kier alpha value is -1.02. The van der Waals surface area contributed by atoms with Crippen molar-refractivity contribution in [1.82, 2.24) is 24.8 Å². The SMILES string of the molecule is CCc1nc2c(N[C@H]3CC[C@H](N(C)CC(C)N4CCCC4)CC3)nc(Cl)nc2s1. The molecule has 1 unspecified atom stereocenters. The average Bonchev–Trinajstić information content (AvgIpc) is 3.38. The Bertz CT molecular complexity index is 813. The number of likely N-dealkylation sites (N-methyl/N-ethyl adjacent to an activating group) is 1. The second-order valence-corrected chi connectivity index (χ2v) is 10.0. The molecule has 1 aliphatic heterocycles. The molecule has 1 aliphatic carbocycles. The van der Waals surface area contributed by atoms with Gasteiger partial charge < -0.3 is 10.2 Å². The van der Waals surface area contributed by atoms with Crippen LogP contribution in [0.2, 0.25) is 5.28 Å². The van der Waals surface area contributed by atoms with Crippen LogP contribution in [0.1, 0.15) is 57.4 Å². The summed E-state index contributed by atoms with van der Waals surface area (Å²) in [5.74, 6) is 0.801. The van der Waals surface area contributed by atoms with Crippen LogP contribution in [0.4, 0.5) is 5.82 Å². The Morgan fingerprint density at radius 2 is 1.90 bits per heavy atom. The van der Waals surface area contributed by atoms with Crippen molar-refractivity contribution >= 4 is 39.1 Å². The van der Waals surface area contributed by atoms with E-state index in [1.54, 1.807) is 11.3 Å². The number of anilines is 1. The molecule has 1 atom stereocenters. The molecular weight excluding hydrogens is 404 g/mol. The minimum Gasteiger partial charge on any atom is -0.365 e. The molecule has 2 aromatic rings. The van der Waals surface area contributed by atoms with Crippen molar-refractivity contribution in [1.29, 1.82) is 0 Å². The Morgan fingerprint density at radius 3 is 2.59 bits per heavy atom. The van der Waals surface area contributed by atoms with E-state index >= 15 is 0 Å². The van der Waals surface area contributed by atoms with Crippen LogP contribution >= 0.6 is 22.9 Å². The van der Waals surface area contributed by atoms with E-state index in [2.05, 4.69) is 46.0 Å². The summed E-state index contributed by atoms with van der Waals surface area (Å²) < 4.78 is 0. The summed E-state index contributed by atoms with van der Waals surface area (Å²) in [6, 6.07) is 1.77. The van der Waals surface area contributed by atoms with Crippen molar-refractivity contribution < 1.29 is 0 Å². The number of fused-ring (bicyclic) bond motifs is 1. The number of hydrogen-bond donors (Lipinski definition) is 1. The lowest BCUT2D eigenvalue weighted by atomic mass is 9.90. The molecule has 6 nitrogen and oxygen atoms in total. The first-order chi connectivity index (χ1) is 14.0. The zero-order valence-corrected chi connectivity index (χ0v) is 19.4. The second-order valence-electron chi connectivity index (χ2n) is 8.64. The monoisotopic (exact) mass is 436 g/mol. The van der Waals surface area contributed by atoms with Crippen molar-refractivity contribution in [3.8, 4) is 0 Å². The van der Waals surface area contributed by atoms with E-state index in [0.29, 0.717) is 23.4 Å². The molecule has 0 amide bonds. The van der Waals surface area contributed by atoms with Crippen LogP contribution in [0, 0.1) is 0 Å². The van der Waals surface area contributed by atoms with Crippen LogP contribution in [-0.4, -0.2) is 69.6 Å². The van der Waals surface area contributed by atoms with Gasteiger partial charge in [-0.05, 0) is 83.6 Å². The zero-order chi connectivity index (χ0) is 20.4. The smallest absolute Gasteiger partial charge is 0.225 e. The van der Waals surface area contributed by atoms with E-state index in [-0.39, 0.29) is 0 Å². The summed E-state index contributed by atoms with van der Waals surface area (Å²) in [6.07, 6.45) is 8.39. The van der Waals surface area contributed by atoms with E-state index < -0.39 is 0 Å². The summed E-state index contributed by atoms with van der Waals surface area (Å²) in [7, 11) is 2.31. The standard InChI is InChI=1S/C21H33ClN6S/c1-4-17-24-18-19(25-21(22)26-20(18)29-17)23-15-7-9-16(10-8-15)27(3)13-14(2)28-11-5-6-12-28/h14-16H,4-13H2,1-3H3,(H,23,25,26)/t14?,15-,16-. The molecular formula is C21H33ClN6S. The van der Waals surface area contributed by atoms with E-state index in [4.69, 9.17) is 16.6 Å². The molecule has 2 fully saturated rings. The zero-order valence-electron chi connectivity index (χ0n) is 17.8. The van der Waals surface area contributed by atoms with E-state index in [1.165, 1.54) is 45.3 Å². The van der Waals surface area contributed by atoms with Crippen molar-refractivity contribution in [3.05, 3.63) is 10.3 Å². The first-order valence-corrected chi connectivity index (χ1v) is 12.3. The Balaban J connectivity index is 1.33. The minimum absolute atomic E-state index is 0.302. The largest absolute Gasteiger partial charge is 0.365 e. The summed E-state index contributed by atoms with van der Waals surface area (Å²) in [4.78, 5) is 19.6. The highest BCUT2D eigenvalue weighted by atomic mass is 35.5. The molecule has 160 valence electrons. The van der Waals surface area contributed by atoms with Crippen LogP contribution in [0.15, 0.2) is 0 Å². The highest BCUT2D eigenvalue weighted by molar-refractivity contribution is 7.18. The first-order valence-electron chi connectivity index (χ1n) is 11.1. The number of halogens is 1. The van der Waals surface area contributed by atoms with Gasteiger partial charge in [0.1, 0.15) is 5.52 Å². The van der Waals surface area contributed by atoms with E-state index in [0.717, 1.165) is 40.4 Å². The van der Waals surface area contributed by atoms with E-state index in [9.17, 15) is 0 Å². The molecule has 1 saturated carbocycles. The van der Waals surface area contributed by atoms with Gasteiger partial charge in [0.25, 0.3) is 0 Å². The van der Waals surface area contributed by atoms with Gasteiger partial charge >= 0.3 is 0 Å². The maximum absolute atomic E-state index is 6.17. The summed E-state index contributed by atoms with van der Waals surface area (Å²) >= 11 is 7.78. The predicted octanol–water partition coefficient (Wildman–Crippen LogP) is 4.44. The number of nitrogens with one attached hydrogen (secondary N) is 1. The Labute approximate surface area is 183 Å². The summed E-state index contributed by atoms with van der Waals surface area (Å²) in [5, 5.41) is 5.01. The first kappa shape index (κ1) is 21.2. The van der Waals surface area contributed by atoms with Gasteiger partial charge in [-0.2, -0.15) is 4.98 Å². The van der Waals surface area contributed by atoms with Crippen LogP contribution in [-0.2, 0) is 6.42 Å². The summed E-state index contributed by atoms with van der Waals surface area (Å²) in [5.41, 5.74) is 0.870. The van der Waals surface area contributed by atoms with Crippen LogP contribution in [0.3, 0.4) is 0 Å². The molecule has 1 N–H and O–H groups in total. The van der Waals surface area contributed by atoms with Gasteiger partial charge in [0.15, 0.2) is 10.6 Å². The normalized spacial score (nSPS) is 24.4. The van der Waals surface area contributed by atoms with E-state index in [1.807, 2.05) is 0 Å². The fraction of sp³-hybridized carbons (Fsp3) is 0.762. The van der Waals surface area contributed by atoms with Gasteiger partial charge in [-0.25, -0.2) is 9.97 Å². The highest BCUT2D eigenvalue weighted by Gasteiger charge is 2.27. The molecule has 4 rings (SSSR count). The lowest BCUT2D eigenvalue weighted by Crippen LogP contribution is -2.45. The van der Waals surface area contributed by atoms with Crippen LogP contribution < -0.4 is 5.32 Å². The van der Waals surface area contributed by atoms with Gasteiger partial charge in [0, 0.05) is 24.7 Å². The van der Waals surface area contributed by atoms with Gasteiger partial charge in [0.05, 0.1) is 5.01 Å². The van der Waals surface area contributed by atoms with Crippen LogP contribution in [0.5, 0.6) is 0 Å². The number of nitrogens with zero attached hydrogens (tertiary/aromatic N) is 5. The minimum atomic E-state index is 0.302. The number of aromatic nitrogens is 3. The van der Waals surface area contributed by atoms with Gasteiger partial charge in [0.2, 0.25) is 5.28 Å². The lowest BCUT2D eigenvalue weighted by molar-refractivity contribution is 0.133. The number of hydrogen-bond acceptors (Lipinski definition) is 7. The van der Waals surface area contributed by atoms with Crippen molar-refractivity contribution in [2.24, 2.45) is 0 Å². The second kappa shape index (κ2) is 9.41. The Kier molecular flexibility index (Phi) is 6.89. The molecule has 3 heterocycles. The molecule has 0 aromatic carbocycles. The fourth-order valence-corrected chi connectivity index (χ4v) is 5.90. The quantitative estimate of drug-likeness (QED) is 0.647. The molecule has 0 spiro atoms. The third kappa shape index (κ3) is 5.01. The molecule has 2 aliphatic rings. The Morgan fingerprint density at radius 1 is 1.17 bits per heavy atom. The van der Waals surface area contributed by atoms with Crippen molar-refractivity contribution in [2.75, 3.05) is 32.0 Å². The lowest BCUT2D eigenvalue weighted by Gasteiger charge is -2.37. The number of thiazole rings is 1. The third-order valence-electron chi connectivity index (χ3n) is 6.56. The van der Waals surface area contributed by atoms with Crippen LogP contribution in [0.25, 0.3) is 10.3 Å². The van der Waals surface area contributed by atoms with Crippen molar-refractivity contribution in [3.63, 3.8) is 0 Å². The average molecular weight is 437 g/mol. The number of rotatable bonds is 7. The maximum atomic E-state index is 6.17. The third-order valence-corrected chi connectivity index (χ3v) is 7.82. The topological polar surface area (TPSA) is 57.2 Å². The molecule has 8 heteroatoms. The molecule has 2 aromatic heterocycles. The molecule has 29 heavy (non-hydrogen) atoms. The number of likely N-dealkylation sites (tertiary alicyclic amines) is 1. The molecule has 1 saturated heterocycles. The molecule has 0 radical (unpaired) electrons. The maximum Gasteiger partial charge on any atom is 0.225 e. The van der Waals surface area contributed by atoms with Gasteiger partial charge in [-0.1, -0.05) is 18.3 Å². The summed E-state index contributed by atoms with van der Waals surface area (Å²) in [6.45, 7) is 8.22. The van der Waals surface area contributed by atoms with Crippen molar-refractivity contribution in [2.45, 2.75) is 76.9 Å². The number of aryl methyl sites for hydroxylation is 1. The highest BCUT2D eigenvalue weighted by Crippen LogP contribution is 2.30.